The van der Waals surface area contributed by atoms with E-state index in [1.54, 1.807) is 0 Å². The van der Waals surface area contributed by atoms with Gasteiger partial charge < -0.3 is 33.8 Å². The van der Waals surface area contributed by atoms with Crippen molar-refractivity contribution in [2.75, 3.05) is 39.6 Å². The summed E-state index contributed by atoms with van der Waals surface area (Å²) in [6, 6.07) is 0. The van der Waals surface area contributed by atoms with Crippen molar-refractivity contribution < 1.29 is 80.2 Å². The van der Waals surface area contributed by atoms with E-state index in [9.17, 15) is 43.2 Å². The first-order valence-electron chi connectivity index (χ1n) is 40.2. The number of phosphoric acid groups is 2. The van der Waals surface area contributed by atoms with Gasteiger partial charge in [-0.3, -0.25) is 37.3 Å². The molecular formula is C78H152O17P2. The second-order valence-corrected chi connectivity index (χ2v) is 32.7. The molecule has 97 heavy (non-hydrogen) atoms. The molecule has 19 heteroatoms. The summed E-state index contributed by atoms with van der Waals surface area (Å²) in [4.78, 5) is 72.9. The van der Waals surface area contributed by atoms with Gasteiger partial charge in [-0.15, -0.1) is 0 Å². The van der Waals surface area contributed by atoms with Gasteiger partial charge in [0, 0.05) is 25.7 Å². The Morgan fingerprint density at radius 3 is 0.732 bits per heavy atom. The number of carbonyl (C=O) groups is 4. The quantitative estimate of drug-likeness (QED) is 0.0222. The Balaban J connectivity index is 5.23. The van der Waals surface area contributed by atoms with Crippen molar-refractivity contribution in [2.24, 2.45) is 23.7 Å². The van der Waals surface area contributed by atoms with Crippen molar-refractivity contribution in [1.29, 1.82) is 0 Å². The van der Waals surface area contributed by atoms with Crippen molar-refractivity contribution >= 4 is 39.5 Å². The zero-order valence-electron chi connectivity index (χ0n) is 63.7. The fraction of sp³-hybridized carbons (Fsp3) is 0.949. The summed E-state index contributed by atoms with van der Waals surface area (Å²) in [7, 11) is -9.92. The number of aliphatic hydroxyl groups excluding tert-OH is 1. The van der Waals surface area contributed by atoms with E-state index in [0.29, 0.717) is 25.7 Å². The number of rotatable bonds is 75. The van der Waals surface area contributed by atoms with Crippen LogP contribution in [0.2, 0.25) is 0 Å². The van der Waals surface area contributed by atoms with Crippen LogP contribution in [-0.2, 0) is 65.4 Å². The van der Waals surface area contributed by atoms with E-state index < -0.39 is 97.5 Å². The molecule has 17 nitrogen and oxygen atoms in total. The van der Waals surface area contributed by atoms with Crippen molar-refractivity contribution in [1.82, 2.24) is 0 Å². The Morgan fingerprint density at radius 1 is 0.289 bits per heavy atom. The first-order valence-corrected chi connectivity index (χ1v) is 43.2. The van der Waals surface area contributed by atoms with Gasteiger partial charge in [-0.2, -0.15) is 0 Å². The predicted octanol–water partition coefficient (Wildman–Crippen LogP) is 22.8. The fourth-order valence-electron chi connectivity index (χ4n) is 11.9. The van der Waals surface area contributed by atoms with Gasteiger partial charge in [0.2, 0.25) is 0 Å². The van der Waals surface area contributed by atoms with E-state index >= 15 is 0 Å². The summed E-state index contributed by atoms with van der Waals surface area (Å²) in [6.45, 7) is 14.2. The number of carbonyl (C=O) groups excluding carboxylic acids is 4. The topological polar surface area (TPSA) is 237 Å². The van der Waals surface area contributed by atoms with E-state index in [2.05, 4.69) is 55.4 Å². The number of aliphatic hydroxyl groups is 1. The first-order chi connectivity index (χ1) is 46.6. The molecule has 0 radical (unpaired) electrons. The Kier molecular flexibility index (Phi) is 65.9. The number of hydrogen-bond donors (Lipinski definition) is 3. The molecule has 0 spiro atoms. The SMILES string of the molecule is CCC(C)CCCCCCCCC(=O)OC[C@H](COP(=O)(O)OC[C@H](O)COP(=O)(O)OC[C@@H](COC(=O)CCCCCCCCCCCCCCCCCC(C)C)OC(=O)CCCCCCCCCCCCCCCCCC(C)C)OC(=O)CCCCCCCCCCC(C)C. The number of unbranched alkanes of at least 4 members (excludes halogenated alkanes) is 40. The predicted molar refractivity (Wildman–Crippen MR) is 395 cm³/mol. The van der Waals surface area contributed by atoms with E-state index in [1.165, 1.54) is 193 Å². The molecule has 0 heterocycles. The van der Waals surface area contributed by atoms with Crippen LogP contribution in [0, 0.1) is 23.7 Å². The minimum absolute atomic E-state index is 0.103. The van der Waals surface area contributed by atoms with Crippen LogP contribution in [0.15, 0.2) is 0 Å². The smallest absolute Gasteiger partial charge is 0.462 e. The van der Waals surface area contributed by atoms with Gasteiger partial charge in [0.1, 0.15) is 19.3 Å². The Morgan fingerprint density at radius 2 is 0.495 bits per heavy atom. The second kappa shape index (κ2) is 67.2. The lowest BCUT2D eigenvalue weighted by Crippen LogP contribution is -2.30. The molecule has 6 atom stereocenters. The van der Waals surface area contributed by atoms with E-state index in [1.807, 2.05) is 0 Å². The normalized spacial score (nSPS) is 14.4. The molecule has 0 saturated heterocycles. The average molecular weight is 1420 g/mol. The van der Waals surface area contributed by atoms with Gasteiger partial charge in [0.05, 0.1) is 26.4 Å². The molecule has 0 aliphatic rings. The van der Waals surface area contributed by atoms with Crippen LogP contribution in [-0.4, -0.2) is 96.7 Å². The lowest BCUT2D eigenvalue weighted by molar-refractivity contribution is -0.161. The van der Waals surface area contributed by atoms with Crippen LogP contribution in [0.1, 0.15) is 396 Å². The zero-order valence-corrected chi connectivity index (χ0v) is 65.5. The molecule has 0 aliphatic heterocycles. The van der Waals surface area contributed by atoms with Gasteiger partial charge >= 0.3 is 39.5 Å². The lowest BCUT2D eigenvalue weighted by Gasteiger charge is -2.21. The maximum atomic E-state index is 13.1. The molecule has 0 amide bonds. The molecule has 576 valence electrons. The summed E-state index contributed by atoms with van der Waals surface area (Å²) in [6.07, 6.45) is 52.9. The molecular weight excluding hydrogens is 1270 g/mol. The molecule has 0 aromatic carbocycles. The third kappa shape index (κ3) is 70.9. The second-order valence-electron chi connectivity index (χ2n) is 29.8. The Labute approximate surface area is 594 Å². The van der Waals surface area contributed by atoms with Crippen LogP contribution in [0.3, 0.4) is 0 Å². The van der Waals surface area contributed by atoms with Gasteiger partial charge in [-0.1, -0.05) is 344 Å². The van der Waals surface area contributed by atoms with Crippen LogP contribution in [0.25, 0.3) is 0 Å². The van der Waals surface area contributed by atoms with Crippen molar-refractivity contribution in [3.8, 4) is 0 Å². The molecule has 0 aliphatic carbocycles. The van der Waals surface area contributed by atoms with Gasteiger partial charge in [0.25, 0.3) is 0 Å². The highest BCUT2D eigenvalue weighted by Crippen LogP contribution is 2.45. The third-order valence-electron chi connectivity index (χ3n) is 18.4. The number of hydrogen-bond acceptors (Lipinski definition) is 15. The molecule has 3 N–H and O–H groups in total. The summed E-state index contributed by atoms with van der Waals surface area (Å²) >= 11 is 0. The average Bonchev–Trinajstić information content (AvgIpc) is 0.968. The monoisotopic (exact) mass is 1420 g/mol. The third-order valence-corrected chi connectivity index (χ3v) is 20.3. The van der Waals surface area contributed by atoms with Crippen molar-refractivity contribution in [3.05, 3.63) is 0 Å². The van der Waals surface area contributed by atoms with Crippen molar-refractivity contribution in [2.45, 2.75) is 414 Å². The largest absolute Gasteiger partial charge is 0.472 e. The number of esters is 4. The standard InChI is InChI=1S/C78H152O17P2/c1-9-71(8)57-49-41-36-37-43-51-59-76(81)89-65-74(95-78(83)61-53-45-35-29-28-32-40-48-56-70(6)7)67-93-97(86,87)91-63-72(79)62-90-96(84,85)92-66-73(94-77(82)60-52-44-34-27-23-19-15-11-13-17-21-25-31-39-47-55-69(4)5)64-88-75(80)58-50-42-33-26-22-18-14-10-12-16-20-24-30-38-46-54-68(2)3/h68-74,79H,9-67H2,1-8H3,(H,84,85)(H,86,87)/t71?,72-,73-,74-/m1/s1. The van der Waals surface area contributed by atoms with Crippen LogP contribution >= 0.6 is 15.6 Å². The van der Waals surface area contributed by atoms with Crippen LogP contribution < -0.4 is 0 Å². The minimum Gasteiger partial charge on any atom is -0.462 e. The maximum Gasteiger partial charge on any atom is 0.472 e. The minimum atomic E-state index is -4.96. The lowest BCUT2D eigenvalue weighted by atomic mass is 10.00. The van der Waals surface area contributed by atoms with E-state index in [4.69, 9.17) is 37.0 Å². The first kappa shape index (κ1) is 95.1. The van der Waals surface area contributed by atoms with Crippen LogP contribution in [0.5, 0.6) is 0 Å². The maximum absolute atomic E-state index is 13.1. The summed E-state index contributed by atoms with van der Waals surface area (Å²) in [5.74, 6) is 0.937. The summed E-state index contributed by atoms with van der Waals surface area (Å²) in [5, 5.41) is 10.6. The van der Waals surface area contributed by atoms with Gasteiger partial charge in [0.15, 0.2) is 12.2 Å². The molecule has 0 fully saturated rings. The molecule has 0 saturated carbocycles. The number of ether oxygens (including phenoxy) is 4. The highest BCUT2D eigenvalue weighted by atomic mass is 31.2. The molecule has 3 unspecified atom stereocenters. The molecule has 0 bridgehead atoms. The number of phosphoric ester groups is 2. The molecule has 0 aromatic heterocycles. The van der Waals surface area contributed by atoms with E-state index in [-0.39, 0.29) is 25.7 Å². The van der Waals surface area contributed by atoms with Crippen molar-refractivity contribution in [3.63, 3.8) is 0 Å². The molecule has 0 rings (SSSR count). The molecule has 0 aromatic rings. The summed E-state index contributed by atoms with van der Waals surface area (Å²) < 4.78 is 68.6. The summed E-state index contributed by atoms with van der Waals surface area (Å²) in [5.41, 5.74) is 0. The van der Waals surface area contributed by atoms with Gasteiger partial charge in [-0.25, -0.2) is 9.13 Å². The van der Waals surface area contributed by atoms with Gasteiger partial charge in [-0.05, 0) is 49.4 Å². The van der Waals surface area contributed by atoms with E-state index in [0.717, 1.165) is 120 Å². The highest BCUT2D eigenvalue weighted by Gasteiger charge is 2.30. The Hall–Kier alpha value is -1.94. The Bertz CT molecular complexity index is 1900. The zero-order chi connectivity index (χ0) is 71.7. The van der Waals surface area contributed by atoms with Crippen LogP contribution in [0.4, 0.5) is 0 Å². The highest BCUT2D eigenvalue weighted by molar-refractivity contribution is 7.47. The fourth-order valence-corrected chi connectivity index (χ4v) is 13.5.